The lowest BCUT2D eigenvalue weighted by Gasteiger charge is -2.16. The Hall–Kier alpha value is -2.72. The number of benzene rings is 1. The molecule has 4 rings (SSSR count). The van der Waals surface area contributed by atoms with Gasteiger partial charge in [-0.15, -0.1) is 0 Å². The zero-order valence-electron chi connectivity index (χ0n) is 20.4. The molecule has 0 aliphatic carbocycles. The first kappa shape index (κ1) is 25.4. The van der Waals surface area contributed by atoms with Crippen molar-refractivity contribution < 1.29 is 23.8 Å². The van der Waals surface area contributed by atoms with Crippen LogP contribution in [0.3, 0.4) is 0 Å². The van der Waals surface area contributed by atoms with Crippen molar-refractivity contribution >= 4 is 11.6 Å². The fourth-order valence-corrected chi connectivity index (χ4v) is 4.19. The van der Waals surface area contributed by atoms with E-state index in [2.05, 4.69) is 10.5 Å². The summed E-state index contributed by atoms with van der Waals surface area (Å²) in [4.78, 5) is 9.59. The van der Waals surface area contributed by atoms with E-state index in [1.54, 1.807) is 25.2 Å². The third kappa shape index (κ3) is 5.92. The zero-order valence-corrected chi connectivity index (χ0v) is 21.2. The molecule has 3 aromatic rings. The van der Waals surface area contributed by atoms with Crippen molar-refractivity contribution in [2.45, 2.75) is 33.3 Å². The lowest BCUT2D eigenvalue weighted by molar-refractivity contribution is 0.108. The van der Waals surface area contributed by atoms with Crippen molar-refractivity contribution in [1.29, 1.82) is 0 Å². The second-order valence-electron chi connectivity index (χ2n) is 8.73. The molecule has 10 heteroatoms. The van der Waals surface area contributed by atoms with Gasteiger partial charge < -0.3 is 29.2 Å². The van der Waals surface area contributed by atoms with E-state index in [0.29, 0.717) is 65.2 Å². The predicted octanol–water partition coefficient (Wildman–Crippen LogP) is 3.75. The van der Waals surface area contributed by atoms with E-state index in [-0.39, 0.29) is 6.61 Å². The van der Waals surface area contributed by atoms with Crippen LogP contribution < -0.4 is 14.8 Å². The number of nitrogens with zero attached hydrogens (tertiary/aromatic N) is 3. The lowest BCUT2D eigenvalue weighted by atomic mass is 10.1. The van der Waals surface area contributed by atoms with Gasteiger partial charge in [0.25, 0.3) is 0 Å². The molecule has 1 saturated heterocycles. The Bertz CT molecular complexity index is 1140. The summed E-state index contributed by atoms with van der Waals surface area (Å²) in [6, 6.07) is 5.25. The molecule has 35 heavy (non-hydrogen) atoms. The van der Waals surface area contributed by atoms with Crippen LogP contribution in [0.25, 0.3) is 22.6 Å². The van der Waals surface area contributed by atoms with Crippen LogP contribution in [0.4, 0.5) is 0 Å². The monoisotopic (exact) mass is 502 g/mol. The first-order valence-corrected chi connectivity index (χ1v) is 12.0. The highest BCUT2D eigenvalue weighted by Crippen LogP contribution is 2.37. The van der Waals surface area contributed by atoms with Gasteiger partial charge in [0.1, 0.15) is 24.2 Å². The molecule has 0 spiro atoms. The zero-order chi connectivity index (χ0) is 24.9. The van der Waals surface area contributed by atoms with Gasteiger partial charge in [-0.25, -0.2) is 4.98 Å². The summed E-state index contributed by atoms with van der Waals surface area (Å²) in [6.07, 6.45) is 0.318. The summed E-state index contributed by atoms with van der Waals surface area (Å²) in [5, 5.41) is 17.5. The van der Waals surface area contributed by atoms with Crippen molar-refractivity contribution in [3.63, 3.8) is 0 Å². The van der Waals surface area contributed by atoms with Crippen LogP contribution in [0, 0.1) is 26.7 Å². The predicted molar refractivity (Wildman–Crippen MR) is 132 cm³/mol. The number of aryl methyl sites for hydroxylation is 2. The molecule has 1 fully saturated rings. The van der Waals surface area contributed by atoms with Crippen molar-refractivity contribution in [2.24, 2.45) is 5.92 Å². The smallest absolute Gasteiger partial charge is 0.220 e. The van der Waals surface area contributed by atoms with E-state index in [1.165, 1.54) is 0 Å². The van der Waals surface area contributed by atoms with E-state index in [0.717, 1.165) is 29.8 Å². The van der Waals surface area contributed by atoms with Crippen LogP contribution in [-0.2, 0) is 4.74 Å². The van der Waals surface area contributed by atoms with Gasteiger partial charge in [-0.1, -0.05) is 16.8 Å². The second-order valence-corrected chi connectivity index (χ2v) is 9.14. The molecule has 0 bridgehead atoms. The van der Waals surface area contributed by atoms with E-state index in [9.17, 15) is 5.11 Å². The SMILES string of the molecule is CNCC(O)COc1ccc(Cl)c(-c2nc(OCC3CCOC3)c(C)c(-c3c(C)noc3C)n2)c1. The first-order chi connectivity index (χ1) is 16.9. The van der Waals surface area contributed by atoms with Crippen LogP contribution in [0.1, 0.15) is 23.4 Å². The van der Waals surface area contributed by atoms with Crippen LogP contribution in [0.2, 0.25) is 5.02 Å². The molecule has 0 amide bonds. The number of nitrogens with one attached hydrogen (secondary N) is 1. The molecule has 1 aromatic carbocycles. The maximum atomic E-state index is 9.98. The Morgan fingerprint density at radius 1 is 1.23 bits per heavy atom. The summed E-state index contributed by atoms with van der Waals surface area (Å²) in [5.74, 6) is 2.40. The van der Waals surface area contributed by atoms with Crippen molar-refractivity contribution in [2.75, 3.05) is 40.0 Å². The second kappa shape index (κ2) is 11.3. The molecule has 2 N–H and O–H groups in total. The number of ether oxygens (including phenoxy) is 3. The third-order valence-corrected chi connectivity index (χ3v) is 6.24. The van der Waals surface area contributed by atoms with E-state index in [4.69, 9.17) is 40.3 Å². The van der Waals surface area contributed by atoms with Gasteiger partial charge in [0.2, 0.25) is 5.88 Å². The van der Waals surface area contributed by atoms with Crippen LogP contribution >= 0.6 is 11.6 Å². The minimum absolute atomic E-state index is 0.138. The summed E-state index contributed by atoms with van der Waals surface area (Å²) in [5.41, 5.74) is 3.59. The molecule has 0 radical (unpaired) electrons. The summed E-state index contributed by atoms with van der Waals surface area (Å²) in [7, 11) is 1.77. The number of aromatic nitrogens is 3. The minimum atomic E-state index is -0.638. The number of aliphatic hydroxyl groups is 1. The molecule has 2 aromatic heterocycles. The number of hydrogen-bond acceptors (Lipinski definition) is 9. The number of rotatable bonds is 10. The average Bonchev–Trinajstić information content (AvgIpc) is 3.48. The summed E-state index contributed by atoms with van der Waals surface area (Å²) in [6.45, 7) is 8.14. The summed E-state index contributed by atoms with van der Waals surface area (Å²) < 4.78 is 22.8. The largest absolute Gasteiger partial charge is 0.491 e. The van der Waals surface area contributed by atoms with Crippen molar-refractivity contribution in [1.82, 2.24) is 20.4 Å². The number of likely N-dealkylation sites (N-methyl/N-ethyl adjacent to an activating group) is 1. The molecule has 3 heterocycles. The highest BCUT2D eigenvalue weighted by molar-refractivity contribution is 6.33. The summed E-state index contributed by atoms with van der Waals surface area (Å²) >= 11 is 6.57. The lowest BCUT2D eigenvalue weighted by Crippen LogP contribution is -2.29. The highest BCUT2D eigenvalue weighted by Gasteiger charge is 2.23. The number of aliphatic hydroxyl groups excluding tert-OH is 1. The molecule has 1 aliphatic heterocycles. The maximum absolute atomic E-state index is 9.98. The van der Waals surface area contributed by atoms with E-state index >= 15 is 0 Å². The Morgan fingerprint density at radius 2 is 2.06 bits per heavy atom. The van der Waals surface area contributed by atoms with Crippen LogP contribution in [0.5, 0.6) is 11.6 Å². The van der Waals surface area contributed by atoms with Crippen LogP contribution in [-0.4, -0.2) is 66.4 Å². The van der Waals surface area contributed by atoms with Crippen molar-refractivity contribution in [3.8, 4) is 34.3 Å². The van der Waals surface area contributed by atoms with E-state index in [1.807, 2.05) is 20.8 Å². The topological polar surface area (TPSA) is 112 Å². The standard InChI is InChI=1S/C25H31ClN4O5/c1-14-23(22-15(2)30-35-16(22)3)28-24(29-25(14)34-12-17-7-8-32-11-17)20-9-19(5-6-21(20)26)33-13-18(31)10-27-4/h5-6,9,17-18,27,31H,7-8,10-13H2,1-4H3. The Morgan fingerprint density at radius 3 is 2.74 bits per heavy atom. The molecule has 1 aliphatic rings. The molecule has 2 unspecified atom stereocenters. The number of halogens is 1. The van der Waals surface area contributed by atoms with Gasteiger partial charge in [0.15, 0.2) is 5.82 Å². The molecular formula is C25H31ClN4O5. The van der Waals surface area contributed by atoms with Gasteiger partial charge in [0.05, 0.1) is 35.2 Å². The van der Waals surface area contributed by atoms with Gasteiger partial charge in [-0.3, -0.25) is 0 Å². The van der Waals surface area contributed by atoms with Gasteiger partial charge >= 0.3 is 0 Å². The molecule has 2 atom stereocenters. The Labute approximate surface area is 209 Å². The fraction of sp³-hybridized carbons (Fsp3) is 0.480. The van der Waals surface area contributed by atoms with Gasteiger partial charge in [-0.05, 0) is 52.4 Å². The average molecular weight is 503 g/mol. The molecule has 9 nitrogen and oxygen atoms in total. The Kier molecular flexibility index (Phi) is 8.22. The van der Waals surface area contributed by atoms with Crippen molar-refractivity contribution in [3.05, 3.63) is 40.2 Å². The molecule has 188 valence electrons. The fourth-order valence-electron chi connectivity index (χ4n) is 3.99. The first-order valence-electron chi connectivity index (χ1n) is 11.6. The normalized spacial score (nSPS) is 16.5. The third-order valence-electron chi connectivity index (χ3n) is 5.91. The number of hydrogen-bond donors (Lipinski definition) is 2. The molecule has 0 saturated carbocycles. The van der Waals surface area contributed by atoms with E-state index < -0.39 is 6.10 Å². The van der Waals surface area contributed by atoms with Crippen LogP contribution in [0.15, 0.2) is 22.7 Å². The quantitative estimate of drug-likeness (QED) is 0.428. The maximum Gasteiger partial charge on any atom is 0.220 e. The molecular weight excluding hydrogens is 472 g/mol. The minimum Gasteiger partial charge on any atom is -0.491 e. The Balaban J connectivity index is 1.72. The van der Waals surface area contributed by atoms with Gasteiger partial charge in [-0.2, -0.15) is 4.98 Å². The highest BCUT2D eigenvalue weighted by atomic mass is 35.5. The van der Waals surface area contributed by atoms with Gasteiger partial charge in [0, 0.05) is 30.2 Å².